The minimum atomic E-state index is 0.495. The molecule has 0 spiro atoms. The van der Waals surface area contributed by atoms with Gasteiger partial charge >= 0.3 is 0 Å². The van der Waals surface area contributed by atoms with Gasteiger partial charge in [-0.15, -0.1) is 0 Å². The number of methoxy groups -OCH3 is 1. The summed E-state index contributed by atoms with van der Waals surface area (Å²) in [7, 11) is 1.67. The van der Waals surface area contributed by atoms with E-state index >= 15 is 0 Å². The number of nitrogens with zero attached hydrogens (tertiary/aromatic N) is 3. The van der Waals surface area contributed by atoms with E-state index in [0.29, 0.717) is 30.2 Å². The average Bonchev–Trinajstić information content (AvgIpc) is 2.42. The topological polar surface area (TPSA) is 83.5 Å². The number of rotatable bonds is 6. The van der Waals surface area contributed by atoms with E-state index in [0.717, 1.165) is 24.4 Å². The van der Waals surface area contributed by atoms with Crippen molar-refractivity contribution in [2.75, 3.05) is 32.1 Å². The summed E-state index contributed by atoms with van der Waals surface area (Å²) in [6.45, 7) is 7.84. The van der Waals surface area contributed by atoms with Gasteiger partial charge in [0.2, 0.25) is 11.9 Å². The molecular weight excluding hydrogens is 300 g/mol. The van der Waals surface area contributed by atoms with Crippen LogP contribution in [0.3, 0.4) is 0 Å². The van der Waals surface area contributed by atoms with Crippen molar-refractivity contribution in [2.24, 2.45) is 4.99 Å². The molecule has 0 aliphatic carbocycles. The fraction of sp³-hybridized carbons (Fsp3) is 0.571. The number of ether oxygens (including phenoxy) is 1. The van der Waals surface area contributed by atoms with Crippen LogP contribution in [0.5, 0.6) is 0 Å². The molecule has 1 heterocycles. The van der Waals surface area contributed by atoms with Crippen LogP contribution in [0, 0.1) is 13.8 Å². The van der Waals surface area contributed by atoms with Crippen LogP contribution in [0.2, 0.25) is 0 Å². The third-order valence-corrected chi connectivity index (χ3v) is 2.80. The fourth-order valence-corrected chi connectivity index (χ4v) is 1.95. The van der Waals surface area contributed by atoms with Crippen LogP contribution in [-0.2, 0) is 4.74 Å². The van der Waals surface area contributed by atoms with E-state index < -0.39 is 0 Å². The predicted octanol–water partition coefficient (Wildman–Crippen LogP) is 1.38. The van der Waals surface area contributed by atoms with Gasteiger partial charge in [-0.1, -0.05) is 0 Å². The molecule has 1 aromatic rings. The Kier molecular flexibility index (Phi) is 8.31. The molecule has 0 saturated heterocycles. The number of anilines is 1. The average molecular weight is 324 g/mol. The van der Waals surface area contributed by atoms with Gasteiger partial charge in [-0.05, 0) is 45.5 Å². The third kappa shape index (κ3) is 7.28. The van der Waals surface area contributed by atoms with Crippen molar-refractivity contribution in [1.82, 2.24) is 20.6 Å². The van der Waals surface area contributed by atoms with E-state index in [2.05, 4.69) is 30.9 Å². The number of hydrogen-bond acceptors (Lipinski definition) is 5. The molecule has 0 aliphatic rings. The second kappa shape index (κ2) is 10.0. The zero-order valence-electron chi connectivity index (χ0n) is 13.6. The van der Waals surface area contributed by atoms with Crippen LogP contribution in [0.4, 0.5) is 5.95 Å². The number of nitrogens with one attached hydrogen (secondary N) is 3. The van der Waals surface area contributed by atoms with Crippen molar-refractivity contribution in [2.45, 2.75) is 27.2 Å². The molecule has 0 aliphatic heterocycles. The van der Waals surface area contributed by atoms with Crippen LogP contribution in [0.25, 0.3) is 0 Å². The summed E-state index contributed by atoms with van der Waals surface area (Å²) in [4.78, 5) is 13.1. The summed E-state index contributed by atoms with van der Waals surface area (Å²) in [5, 5.41) is 9.62. The second-order valence-corrected chi connectivity index (χ2v) is 5.07. The predicted molar refractivity (Wildman–Crippen MR) is 93.3 cm³/mol. The van der Waals surface area contributed by atoms with Gasteiger partial charge in [-0.2, -0.15) is 0 Å². The molecule has 8 heteroatoms. The van der Waals surface area contributed by atoms with Crippen molar-refractivity contribution < 1.29 is 4.74 Å². The van der Waals surface area contributed by atoms with Crippen LogP contribution < -0.4 is 16.0 Å². The summed E-state index contributed by atoms with van der Waals surface area (Å²) >= 11 is 5.19. The smallest absolute Gasteiger partial charge is 0.229 e. The number of guanidine groups is 1. The van der Waals surface area contributed by atoms with Crippen molar-refractivity contribution >= 4 is 29.2 Å². The van der Waals surface area contributed by atoms with E-state index in [9.17, 15) is 0 Å². The molecule has 7 nitrogen and oxygen atoms in total. The zero-order chi connectivity index (χ0) is 16.4. The summed E-state index contributed by atoms with van der Waals surface area (Å²) in [5.41, 5.74) is 1.78. The van der Waals surface area contributed by atoms with Gasteiger partial charge in [0.05, 0.1) is 0 Å². The number of aromatic nitrogens is 2. The number of thiocarbonyl (C=S) groups is 1. The lowest BCUT2D eigenvalue weighted by atomic mass is 10.4. The highest BCUT2D eigenvalue weighted by atomic mass is 32.1. The lowest BCUT2D eigenvalue weighted by Crippen LogP contribution is -2.42. The fourth-order valence-electron chi connectivity index (χ4n) is 1.71. The first-order valence-electron chi connectivity index (χ1n) is 7.22. The van der Waals surface area contributed by atoms with Gasteiger partial charge in [-0.25, -0.2) is 9.97 Å². The Labute approximate surface area is 137 Å². The molecule has 0 bridgehead atoms. The normalized spacial score (nSPS) is 11.2. The Morgan fingerprint density at radius 1 is 1.32 bits per heavy atom. The maximum absolute atomic E-state index is 5.19. The minimum Gasteiger partial charge on any atom is -0.385 e. The Balaban J connectivity index is 2.77. The van der Waals surface area contributed by atoms with E-state index in [-0.39, 0.29) is 0 Å². The SMILES string of the molecule is CCNC(=S)NC(=NCCCOC)Nc1nc(C)cc(C)n1. The number of aryl methyl sites for hydroxylation is 2. The Morgan fingerprint density at radius 2 is 2.00 bits per heavy atom. The van der Waals surface area contributed by atoms with Gasteiger partial charge in [0.15, 0.2) is 5.11 Å². The molecule has 0 fully saturated rings. The lowest BCUT2D eigenvalue weighted by molar-refractivity contribution is 0.197. The third-order valence-electron chi connectivity index (χ3n) is 2.56. The monoisotopic (exact) mass is 324 g/mol. The Hall–Kier alpha value is -1.80. The largest absolute Gasteiger partial charge is 0.385 e. The molecule has 0 saturated carbocycles. The highest BCUT2D eigenvalue weighted by Gasteiger charge is 2.06. The first-order valence-corrected chi connectivity index (χ1v) is 7.63. The Morgan fingerprint density at radius 3 is 2.59 bits per heavy atom. The molecule has 122 valence electrons. The number of hydrogen-bond donors (Lipinski definition) is 3. The first-order chi connectivity index (χ1) is 10.5. The summed E-state index contributed by atoms with van der Waals surface area (Å²) in [6, 6.07) is 1.91. The molecule has 0 atom stereocenters. The van der Waals surface area contributed by atoms with Crippen LogP contribution in [0.1, 0.15) is 24.7 Å². The van der Waals surface area contributed by atoms with Crippen molar-refractivity contribution in [1.29, 1.82) is 0 Å². The second-order valence-electron chi connectivity index (χ2n) is 4.66. The van der Waals surface area contributed by atoms with Crippen molar-refractivity contribution in [3.05, 3.63) is 17.5 Å². The molecular formula is C14H24N6OS. The molecule has 1 aromatic heterocycles. The van der Waals surface area contributed by atoms with E-state index in [4.69, 9.17) is 17.0 Å². The van der Waals surface area contributed by atoms with Crippen LogP contribution in [-0.4, -0.2) is 47.8 Å². The van der Waals surface area contributed by atoms with Gasteiger partial charge in [0.25, 0.3) is 0 Å². The van der Waals surface area contributed by atoms with Crippen molar-refractivity contribution in [3.63, 3.8) is 0 Å². The maximum atomic E-state index is 5.19. The quantitative estimate of drug-likeness (QED) is 0.315. The summed E-state index contributed by atoms with van der Waals surface area (Å²) in [6.07, 6.45) is 0.824. The summed E-state index contributed by atoms with van der Waals surface area (Å²) < 4.78 is 5.02. The Bertz CT molecular complexity index is 500. The van der Waals surface area contributed by atoms with Gasteiger partial charge in [0, 0.05) is 38.2 Å². The standard InChI is InChI=1S/C14H24N6OS/c1-5-15-14(22)20-12(16-7-6-8-21-4)19-13-17-10(2)9-11(3)18-13/h9H,5-8H2,1-4H3,(H3,15,16,17,18,19,20,22). The summed E-state index contributed by atoms with van der Waals surface area (Å²) in [5.74, 6) is 1.02. The van der Waals surface area contributed by atoms with Gasteiger partial charge in [0.1, 0.15) is 0 Å². The van der Waals surface area contributed by atoms with E-state index in [1.165, 1.54) is 0 Å². The van der Waals surface area contributed by atoms with E-state index in [1.807, 2.05) is 26.8 Å². The maximum Gasteiger partial charge on any atom is 0.229 e. The first kappa shape index (κ1) is 18.2. The zero-order valence-corrected chi connectivity index (χ0v) is 14.4. The highest BCUT2D eigenvalue weighted by molar-refractivity contribution is 7.80. The minimum absolute atomic E-state index is 0.495. The van der Waals surface area contributed by atoms with Crippen LogP contribution >= 0.6 is 12.2 Å². The van der Waals surface area contributed by atoms with E-state index in [1.54, 1.807) is 7.11 Å². The van der Waals surface area contributed by atoms with Crippen molar-refractivity contribution in [3.8, 4) is 0 Å². The number of aliphatic imine (C=N–C) groups is 1. The van der Waals surface area contributed by atoms with Crippen LogP contribution in [0.15, 0.2) is 11.1 Å². The molecule has 0 amide bonds. The molecule has 0 unspecified atom stereocenters. The van der Waals surface area contributed by atoms with Gasteiger partial charge < -0.3 is 15.4 Å². The molecule has 0 radical (unpaired) electrons. The van der Waals surface area contributed by atoms with Gasteiger partial charge in [-0.3, -0.25) is 10.3 Å². The lowest BCUT2D eigenvalue weighted by Gasteiger charge is -2.13. The molecule has 1 rings (SSSR count). The highest BCUT2D eigenvalue weighted by Crippen LogP contribution is 2.03. The molecule has 0 aromatic carbocycles. The molecule has 3 N–H and O–H groups in total. The molecule has 22 heavy (non-hydrogen) atoms.